The highest BCUT2D eigenvalue weighted by molar-refractivity contribution is 7.19. The Bertz CT molecular complexity index is 1270. The lowest BCUT2D eigenvalue weighted by molar-refractivity contribution is -0.114. The Kier molecular flexibility index (Phi) is 8.49. The molecule has 0 fully saturated rings. The van der Waals surface area contributed by atoms with E-state index in [0.29, 0.717) is 21.4 Å². The molecule has 0 aliphatic heterocycles. The van der Waals surface area contributed by atoms with Crippen LogP contribution in [-0.4, -0.2) is 47.3 Å². The largest absolute Gasteiger partial charge is 0.333 e. The van der Waals surface area contributed by atoms with Gasteiger partial charge in [-0.15, -0.1) is 0 Å². The minimum absolute atomic E-state index is 0.162. The van der Waals surface area contributed by atoms with Gasteiger partial charge < -0.3 is 11.1 Å². The van der Waals surface area contributed by atoms with Crippen LogP contribution >= 0.6 is 22.9 Å². The van der Waals surface area contributed by atoms with Gasteiger partial charge in [-0.25, -0.2) is 9.67 Å². The zero-order valence-electron chi connectivity index (χ0n) is 19.6. The molecule has 8 nitrogen and oxygen atoms in total. The van der Waals surface area contributed by atoms with Gasteiger partial charge in [0.15, 0.2) is 5.13 Å². The fourth-order valence-electron chi connectivity index (χ4n) is 3.82. The normalized spacial score (nSPS) is 12.6. The molecular formula is C24H27ClN6O2S. The maximum absolute atomic E-state index is 11.6. The van der Waals surface area contributed by atoms with Gasteiger partial charge in [0.1, 0.15) is 6.29 Å². The Morgan fingerprint density at radius 3 is 2.74 bits per heavy atom. The number of hydrogen-bond donors (Lipinski definition) is 2. The molecule has 0 saturated carbocycles. The average molecular weight is 499 g/mol. The molecule has 0 bridgehead atoms. The van der Waals surface area contributed by atoms with E-state index in [2.05, 4.69) is 34.0 Å². The van der Waals surface area contributed by atoms with Crippen molar-refractivity contribution in [3.05, 3.63) is 51.8 Å². The molecule has 0 spiro atoms. The number of carbonyl (C=O) groups is 2. The van der Waals surface area contributed by atoms with E-state index in [9.17, 15) is 9.59 Å². The van der Waals surface area contributed by atoms with Gasteiger partial charge in [0.05, 0.1) is 32.7 Å². The van der Waals surface area contributed by atoms with E-state index in [1.165, 1.54) is 25.3 Å². The van der Waals surface area contributed by atoms with Crippen LogP contribution in [0.4, 0.5) is 5.13 Å². The van der Waals surface area contributed by atoms with Crippen molar-refractivity contribution in [2.24, 2.45) is 10.7 Å². The number of rotatable bonds is 6. The number of aldehydes is 1. The maximum Gasteiger partial charge on any atom is 0.223 e. The summed E-state index contributed by atoms with van der Waals surface area (Å²) in [6.45, 7) is 3.54. The number of allylic oxidation sites excluding steroid dienone is 2. The van der Waals surface area contributed by atoms with E-state index >= 15 is 0 Å². The minimum Gasteiger partial charge on any atom is -0.333 e. The van der Waals surface area contributed by atoms with E-state index in [4.69, 9.17) is 16.7 Å². The van der Waals surface area contributed by atoms with E-state index in [1.54, 1.807) is 25.2 Å². The van der Waals surface area contributed by atoms with Crippen LogP contribution in [0.25, 0.3) is 21.8 Å². The molecule has 1 aromatic carbocycles. The molecule has 34 heavy (non-hydrogen) atoms. The Morgan fingerprint density at radius 1 is 1.35 bits per heavy atom. The van der Waals surface area contributed by atoms with E-state index in [1.807, 2.05) is 10.9 Å². The highest BCUT2D eigenvalue weighted by Crippen LogP contribution is 2.43. The number of nitrogens with zero attached hydrogens (tertiary/aromatic N) is 4. The van der Waals surface area contributed by atoms with Crippen LogP contribution in [0.1, 0.15) is 47.6 Å². The summed E-state index contributed by atoms with van der Waals surface area (Å²) in [5, 5.41) is 8.74. The van der Waals surface area contributed by atoms with Crippen molar-refractivity contribution in [3.8, 4) is 16.3 Å². The quantitative estimate of drug-likeness (QED) is 0.381. The molecule has 1 amide bonds. The van der Waals surface area contributed by atoms with Crippen molar-refractivity contribution in [1.82, 2.24) is 14.8 Å². The molecule has 1 aliphatic carbocycles. The first-order valence-corrected chi connectivity index (χ1v) is 12.0. The van der Waals surface area contributed by atoms with Gasteiger partial charge in [-0.1, -0.05) is 35.9 Å². The Hall–Kier alpha value is -3.14. The maximum atomic E-state index is 11.6. The third-order valence-electron chi connectivity index (χ3n) is 5.09. The predicted molar refractivity (Wildman–Crippen MR) is 140 cm³/mol. The number of aliphatic imine (C=N–C) groups is 1. The van der Waals surface area contributed by atoms with Gasteiger partial charge in [-0.3, -0.25) is 14.6 Å². The number of nitrogens with one attached hydrogen (secondary N) is 1. The first-order chi connectivity index (χ1) is 16.5. The van der Waals surface area contributed by atoms with Gasteiger partial charge in [0.25, 0.3) is 0 Å². The van der Waals surface area contributed by atoms with Crippen molar-refractivity contribution in [2.45, 2.75) is 33.1 Å². The zero-order chi connectivity index (χ0) is 24.8. The fraction of sp³-hybridized carbons (Fsp3) is 0.292. The molecular weight excluding hydrogens is 472 g/mol. The molecule has 10 heteroatoms. The Morgan fingerprint density at radius 2 is 2.12 bits per heavy atom. The predicted octanol–water partition coefficient (Wildman–Crippen LogP) is 4.59. The summed E-state index contributed by atoms with van der Waals surface area (Å²) in [4.78, 5) is 32.6. The number of benzene rings is 1. The number of anilines is 1. The lowest BCUT2D eigenvalue weighted by Gasteiger charge is -2.15. The molecule has 0 saturated heterocycles. The number of fused-ring (bicyclic) bond motifs is 3. The highest BCUT2D eigenvalue weighted by atomic mass is 35.5. The van der Waals surface area contributed by atoms with Crippen molar-refractivity contribution >= 4 is 52.1 Å². The third-order valence-corrected chi connectivity index (χ3v) is 6.41. The lowest BCUT2D eigenvalue weighted by Crippen LogP contribution is -2.07. The molecule has 0 radical (unpaired) electrons. The van der Waals surface area contributed by atoms with Crippen LogP contribution in [0.5, 0.6) is 0 Å². The minimum atomic E-state index is -0.162. The number of aromatic nitrogens is 3. The average Bonchev–Trinajstić information content (AvgIpc) is 3.40. The smallest absolute Gasteiger partial charge is 0.223 e. The Labute approximate surface area is 207 Å². The second kappa shape index (κ2) is 11.3. The molecule has 3 N–H and O–H groups in total. The topological polar surface area (TPSA) is 115 Å². The fourth-order valence-corrected chi connectivity index (χ4v) is 5.20. The van der Waals surface area contributed by atoms with Crippen LogP contribution in [0.2, 0.25) is 5.02 Å². The number of nitrogens with two attached hydrogens (primary N) is 1. The van der Waals surface area contributed by atoms with Crippen LogP contribution in [-0.2, 0) is 17.6 Å². The first-order valence-electron chi connectivity index (χ1n) is 10.8. The van der Waals surface area contributed by atoms with Crippen molar-refractivity contribution < 1.29 is 9.59 Å². The third kappa shape index (κ3) is 5.01. The second-order valence-corrected chi connectivity index (χ2v) is 8.75. The number of hydrogen-bond acceptors (Lipinski definition) is 7. The molecule has 4 rings (SSSR count). The van der Waals surface area contributed by atoms with Crippen LogP contribution in [0, 0.1) is 0 Å². The van der Waals surface area contributed by atoms with E-state index in [0.717, 1.165) is 58.6 Å². The van der Waals surface area contributed by atoms with E-state index in [-0.39, 0.29) is 5.91 Å². The van der Waals surface area contributed by atoms with Crippen LogP contribution in [0.15, 0.2) is 29.3 Å². The summed E-state index contributed by atoms with van der Waals surface area (Å²) in [6, 6.07) is 5.15. The standard InChI is InChI=1S/C23H22ClN5O2S.CH5N/c1-4-5-15(11-25-3)20-16-7-8-18-22(32-23(27-18)26-13(2)31)21(16)29(28-20)19-9-6-14(12-30)10-17(19)24;1-2/h5-6,9-12H,4,7-8H2,1-3H3,(H,26,27,31);2H2,1H3/b15-5+,25-11?;. The number of carbonyl (C=O) groups excluding carboxylic acids is 2. The summed E-state index contributed by atoms with van der Waals surface area (Å²) in [5.41, 5.74) is 10.4. The molecule has 2 heterocycles. The summed E-state index contributed by atoms with van der Waals surface area (Å²) in [6.07, 6.45) is 7.03. The zero-order valence-corrected chi connectivity index (χ0v) is 21.1. The molecule has 178 valence electrons. The Balaban J connectivity index is 0.00000158. The van der Waals surface area contributed by atoms with Crippen molar-refractivity contribution in [1.29, 1.82) is 0 Å². The monoisotopic (exact) mass is 498 g/mol. The lowest BCUT2D eigenvalue weighted by atomic mass is 9.95. The SMILES string of the molecule is CC/C=C(\C=NC)c1nn(-c2ccc(C=O)cc2Cl)c2c1CCc1nc(NC(C)=O)sc1-2.CN. The summed E-state index contributed by atoms with van der Waals surface area (Å²) in [5.74, 6) is -0.162. The second-order valence-electron chi connectivity index (χ2n) is 7.35. The molecule has 0 unspecified atom stereocenters. The molecule has 0 atom stereocenters. The highest BCUT2D eigenvalue weighted by Gasteiger charge is 2.30. The van der Waals surface area contributed by atoms with Gasteiger partial charge in [0.2, 0.25) is 5.91 Å². The van der Waals surface area contributed by atoms with E-state index < -0.39 is 0 Å². The van der Waals surface area contributed by atoms with Crippen molar-refractivity contribution in [2.75, 3.05) is 19.4 Å². The summed E-state index contributed by atoms with van der Waals surface area (Å²) >= 11 is 7.99. The van der Waals surface area contributed by atoms with Gasteiger partial charge in [-0.05, 0) is 44.5 Å². The molecule has 1 aliphatic rings. The van der Waals surface area contributed by atoms with Gasteiger partial charge >= 0.3 is 0 Å². The number of amides is 1. The van der Waals surface area contributed by atoms with Gasteiger partial charge in [-0.2, -0.15) is 5.10 Å². The molecule has 3 aromatic rings. The van der Waals surface area contributed by atoms with Gasteiger partial charge in [0, 0.05) is 36.9 Å². The van der Waals surface area contributed by atoms with Crippen molar-refractivity contribution in [3.63, 3.8) is 0 Å². The number of thiazole rings is 1. The number of aryl methyl sites for hydroxylation is 1. The molecule has 2 aromatic heterocycles. The first kappa shape index (κ1) is 25.5. The van der Waals surface area contributed by atoms with Crippen LogP contribution in [0.3, 0.4) is 0 Å². The van der Waals surface area contributed by atoms with Crippen LogP contribution < -0.4 is 11.1 Å². The summed E-state index contributed by atoms with van der Waals surface area (Å²) < 4.78 is 1.82. The summed E-state index contributed by atoms with van der Waals surface area (Å²) in [7, 11) is 3.24. The number of halogens is 1.